The van der Waals surface area contributed by atoms with Crippen molar-refractivity contribution >= 4 is 22.6 Å². The van der Waals surface area contributed by atoms with Gasteiger partial charge in [0.2, 0.25) is 0 Å². The fourth-order valence-corrected chi connectivity index (χ4v) is 2.89. The molecule has 1 aromatic carbocycles. The van der Waals surface area contributed by atoms with E-state index < -0.39 is 0 Å². The molecule has 0 saturated carbocycles. The number of hydrogen-bond acceptors (Lipinski definition) is 4. The summed E-state index contributed by atoms with van der Waals surface area (Å²) in [5.74, 6) is 1.19. The predicted molar refractivity (Wildman–Crippen MR) is 90.0 cm³/mol. The van der Waals surface area contributed by atoms with Crippen LogP contribution in [0.2, 0.25) is 0 Å². The van der Waals surface area contributed by atoms with Gasteiger partial charge in [0.15, 0.2) is 11.4 Å². The summed E-state index contributed by atoms with van der Waals surface area (Å²) in [5, 5.41) is 11.8. The minimum atomic E-state index is 0.590. The van der Waals surface area contributed by atoms with E-state index in [4.69, 9.17) is 10.2 Å². The second kappa shape index (κ2) is 6.67. The average molecular weight is 311 g/mol. The van der Waals surface area contributed by atoms with E-state index in [0.717, 1.165) is 29.9 Å². The predicted octanol–water partition coefficient (Wildman–Crippen LogP) is 3.31. The van der Waals surface area contributed by atoms with Gasteiger partial charge >= 0.3 is 0 Å². The van der Waals surface area contributed by atoms with Crippen molar-refractivity contribution in [1.29, 1.82) is 5.26 Å². The molecule has 1 aromatic heterocycles. The smallest absolute Gasteiger partial charge is 0.183 e. The van der Waals surface area contributed by atoms with Gasteiger partial charge in [-0.05, 0) is 31.2 Å². The zero-order chi connectivity index (χ0) is 15.4. The molecule has 5 nitrogen and oxygen atoms in total. The summed E-state index contributed by atoms with van der Waals surface area (Å²) in [5.41, 5.74) is 2.94. The average Bonchev–Trinajstić information content (AvgIpc) is 2.99. The highest BCUT2D eigenvalue weighted by Crippen LogP contribution is 2.25. The van der Waals surface area contributed by atoms with E-state index in [9.17, 15) is 0 Å². The third-order valence-corrected chi connectivity index (χ3v) is 4.24. The van der Waals surface area contributed by atoms with Gasteiger partial charge in [-0.1, -0.05) is 23.9 Å². The minimum Gasteiger partial charge on any atom is -0.334 e. The van der Waals surface area contributed by atoms with Gasteiger partial charge < -0.3 is 4.57 Å². The molecule has 3 rings (SSSR count). The lowest BCUT2D eigenvalue weighted by Gasteiger charge is -2.11. The lowest BCUT2D eigenvalue weighted by molar-refractivity contribution is 0.522. The second-order valence-electron chi connectivity index (χ2n) is 5.10. The highest BCUT2D eigenvalue weighted by molar-refractivity contribution is 8.13. The topological polar surface area (TPSA) is 66.0 Å². The Bertz CT molecular complexity index is 700. The first-order valence-corrected chi connectivity index (χ1v) is 8.47. The molecular formula is C16H17N5S. The van der Waals surface area contributed by atoms with Crippen LogP contribution in [-0.2, 0) is 13.0 Å². The van der Waals surface area contributed by atoms with E-state index in [1.807, 2.05) is 36.7 Å². The summed E-state index contributed by atoms with van der Waals surface area (Å²) in [7, 11) is 0. The molecule has 0 amide bonds. The van der Waals surface area contributed by atoms with Gasteiger partial charge in [-0.25, -0.2) is 9.98 Å². The summed E-state index contributed by atoms with van der Waals surface area (Å²) < 4.78 is 2.26. The van der Waals surface area contributed by atoms with E-state index in [1.165, 1.54) is 30.4 Å². The summed E-state index contributed by atoms with van der Waals surface area (Å²) in [6.45, 7) is 1.07. The molecule has 1 aliphatic rings. The van der Waals surface area contributed by atoms with Crippen LogP contribution >= 0.6 is 11.8 Å². The number of aromatic nitrogens is 2. The van der Waals surface area contributed by atoms with Crippen LogP contribution in [-0.4, -0.2) is 21.0 Å². The third kappa shape index (κ3) is 3.15. The number of benzene rings is 1. The van der Waals surface area contributed by atoms with Crippen LogP contribution in [0.5, 0.6) is 0 Å². The molecule has 0 aliphatic carbocycles. The van der Waals surface area contributed by atoms with Crippen molar-refractivity contribution in [2.75, 3.05) is 6.26 Å². The molecule has 0 spiro atoms. The Balaban J connectivity index is 1.82. The van der Waals surface area contributed by atoms with Crippen LogP contribution < -0.4 is 5.32 Å². The van der Waals surface area contributed by atoms with Crippen molar-refractivity contribution < 1.29 is 0 Å². The Morgan fingerprint density at radius 1 is 1.36 bits per heavy atom. The van der Waals surface area contributed by atoms with Gasteiger partial charge in [0.25, 0.3) is 0 Å². The molecule has 1 aliphatic heterocycles. The maximum absolute atomic E-state index is 8.65. The fraction of sp³-hybridized carbons (Fsp3) is 0.312. The highest BCUT2D eigenvalue weighted by Gasteiger charge is 2.13. The molecule has 112 valence electrons. The molecule has 0 unspecified atom stereocenters. The van der Waals surface area contributed by atoms with Crippen molar-refractivity contribution in [3.63, 3.8) is 0 Å². The Labute approximate surface area is 134 Å². The molecule has 1 N–H and O–H groups in total. The van der Waals surface area contributed by atoms with Crippen LogP contribution in [0.15, 0.2) is 35.5 Å². The minimum absolute atomic E-state index is 0.590. The Kier molecular flexibility index (Phi) is 4.45. The van der Waals surface area contributed by atoms with Crippen LogP contribution in [0.3, 0.4) is 0 Å². The molecule has 2 aromatic rings. The molecule has 6 heteroatoms. The molecule has 0 saturated heterocycles. The van der Waals surface area contributed by atoms with E-state index in [-0.39, 0.29) is 0 Å². The van der Waals surface area contributed by atoms with Crippen molar-refractivity contribution in [3.05, 3.63) is 36.3 Å². The Morgan fingerprint density at radius 2 is 2.18 bits per heavy atom. The molecule has 22 heavy (non-hydrogen) atoms. The van der Waals surface area contributed by atoms with Gasteiger partial charge in [-0.3, -0.25) is 5.32 Å². The van der Waals surface area contributed by atoms with E-state index in [2.05, 4.69) is 21.1 Å². The first-order valence-electron chi connectivity index (χ1n) is 7.24. The Morgan fingerprint density at radius 3 is 2.86 bits per heavy atom. The van der Waals surface area contributed by atoms with Gasteiger partial charge in [-0.2, -0.15) is 5.26 Å². The summed E-state index contributed by atoms with van der Waals surface area (Å²) in [6, 6.07) is 7.95. The number of hydrogen-bond donors (Lipinski definition) is 1. The molecule has 0 atom stereocenters. The van der Waals surface area contributed by atoms with Gasteiger partial charge in [0, 0.05) is 24.7 Å². The molecule has 0 fully saturated rings. The van der Waals surface area contributed by atoms with Crippen LogP contribution in [0.4, 0.5) is 5.69 Å². The molecule has 0 radical (unpaired) electrons. The first kappa shape index (κ1) is 14.7. The second-order valence-corrected chi connectivity index (χ2v) is 5.89. The van der Waals surface area contributed by atoms with E-state index in [0.29, 0.717) is 5.17 Å². The first-order chi connectivity index (χ1) is 10.8. The number of imidazole rings is 1. The fourth-order valence-electron chi connectivity index (χ4n) is 2.55. The van der Waals surface area contributed by atoms with Crippen LogP contribution in [0.25, 0.3) is 11.3 Å². The standard InChI is InChI=1S/C16H17N5S/c1-22-16(18-11-17)19-13-7-5-12(6-8-13)14-10-21-9-3-2-4-15(21)20-14/h5-8,10H,2-4,9H2,1H3,(H,18,19). The maximum atomic E-state index is 8.65. The lowest BCUT2D eigenvalue weighted by Crippen LogP contribution is -2.12. The summed E-state index contributed by atoms with van der Waals surface area (Å²) in [4.78, 5) is 9.11. The zero-order valence-electron chi connectivity index (χ0n) is 12.4. The Hall–Kier alpha value is -2.26. The number of rotatable bonds is 2. The normalized spacial score (nSPS) is 14.3. The SMILES string of the molecule is CSC(=Nc1ccc(-c2cn3c(n2)CCCC3)cc1)NC#N. The number of thioether (sulfide) groups is 1. The number of amidine groups is 1. The quantitative estimate of drug-likeness (QED) is 0.400. The van der Waals surface area contributed by atoms with Gasteiger partial charge in [-0.15, -0.1) is 0 Å². The van der Waals surface area contributed by atoms with Gasteiger partial charge in [0.05, 0.1) is 11.4 Å². The molecular weight excluding hydrogens is 294 g/mol. The van der Waals surface area contributed by atoms with Crippen molar-refractivity contribution in [2.24, 2.45) is 4.99 Å². The number of nitriles is 1. The number of nitrogens with one attached hydrogen (secondary N) is 1. The molecule has 0 bridgehead atoms. The van der Waals surface area contributed by atoms with Crippen LogP contribution in [0, 0.1) is 11.5 Å². The number of aliphatic imine (C=N–C) groups is 1. The zero-order valence-corrected chi connectivity index (χ0v) is 13.2. The lowest BCUT2D eigenvalue weighted by atomic mass is 10.1. The van der Waals surface area contributed by atoms with Gasteiger partial charge in [0.1, 0.15) is 5.82 Å². The number of fused-ring (bicyclic) bond motifs is 1. The van der Waals surface area contributed by atoms with Crippen molar-refractivity contribution in [2.45, 2.75) is 25.8 Å². The number of aryl methyl sites for hydroxylation is 2. The number of nitrogens with zero attached hydrogens (tertiary/aromatic N) is 4. The maximum Gasteiger partial charge on any atom is 0.183 e. The largest absolute Gasteiger partial charge is 0.334 e. The highest BCUT2D eigenvalue weighted by atomic mass is 32.2. The third-order valence-electron chi connectivity index (χ3n) is 3.66. The van der Waals surface area contributed by atoms with Crippen molar-refractivity contribution in [1.82, 2.24) is 14.9 Å². The van der Waals surface area contributed by atoms with Crippen LogP contribution in [0.1, 0.15) is 18.7 Å². The van der Waals surface area contributed by atoms with E-state index >= 15 is 0 Å². The van der Waals surface area contributed by atoms with E-state index in [1.54, 1.807) is 0 Å². The monoisotopic (exact) mass is 311 g/mol. The summed E-state index contributed by atoms with van der Waals surface area (Å²) in [6.07, 6.45) is 9.44. The summed E-state index contributed by atoms with van der Waals surface area (Å²) >= 11 is 1.41. The van der Waals surface area contributed by atoms with Crippen molar-refractivity contribution in [3.8, 4) is 17.5 Å². The molecule has 2 heterocycles.